The maximum atomic E-state index is 5.45. The summed E-state index contributed by atoms with van der Waals surface area (Å²) in [4.78, 5) is 8.20. The van der Waals surface area contributed by atoms with Crippen molar-refractivity contribution in [1.29, 1.82) is 0 Å². The van der Waals surface area contributed by atoms with Gasteiger partial charge in [0, 0.05) is 25.4 Å². The maximum Gasteiger partial charge on any atom is 0.218 e. The average molecular weight is 262 g/mol. The molecule has 0 fully saturated rings. The Bertz CT molecular complexity index is 473. The predicted octanol–water partition coefficient (Wildman–Crippen LogP) is 1.36. The zero-order valence-corrected chi connectivity index (χ0v) is 11.0. The summed E-state index contributed by atoms with van der Waals surface area (Å²) in [6, 6.07) is 1.81. The van der Waals surface area contributed by atoms with Crippen LogP contribution in [-0.2, 0) is 6.54 Å². The molecule has 2 aromatic heterocycles. The number of aromatic nitrogens is 5. The van der Waals surface area contributed by atoms with Gasteiger partial charge in [-0.15, -0.1) is 5.10 Å². The van der Waals surface area contributed by atoms with Gasteiger partial charge >= 0.3 is 0 Å². The summed E-state index contributed by atoms with van der Waals surface area (Å²) in [6.07, 6.45) is 6.94. The van der Waals surface area contributed by atoms with E-state index < -0.39 is 0 Å². The molecule has 0 saturated heterocycles. The molecule has 2 aromatic rings. The fraction of sp³-hybridized carbons (Fsp3) is 0.500. The first kappa shape index (κ1) is 13.3. The monoisotopic (exact) mass is 262 g/mol. The van der Waals surface area contributed by atoms with Crippen molar-refractivity contribution < 1.29 is 4.74 Å². The van der Waals surface area contributed by atoms with E-state index >= 15 is 0 Å². The predicted molar refractivity (Wildman–Crippen MR) is 70.9 cm³/mol. The van der Waals surface area contributed by atoms with Gasteiger partial charge in [-0.2, -0.15) is 0 Å². The Hall–Kier alpha value is -2.18. The zero-order valence-electron chi connectivity index (χ0n) is 11.0. The molecule has 0 unspecified atom stereocenters. The number of nitrogens with one attached hydrogen (secondary N) is 1. The van der Waals surface area contributed by atoms with Gasteiger partial charge in [0.2, 0.25) is 5.88 Å². The van der Waals surface area contributed by atoms with Crippen LogP contribution in [0, 0.1) is 0 Å². The van der Waals surface area contributed by atoms with Crippen molar-refractivity contribution in [3.05, 3.63) is 24.8 Å². The summed E-state index contributed by atoms with van der Waals surface area (Å²) in [5.74, 6) is 1.38. The van der Waals surface area contributed by atoms with Crippen molar-refractivity contribution in [2.45, 2.75) is 26.3 Å². The van der Waals surface area contributed by atoms with Gasteiger partial charge in [-0.3, -0.25) is 4.68 Å². The minimum atomic E-state index is 0.607. The average Bonchev–Trinajstić information content (AvgIpc) is 2.95. The fourth-order valence-corrected chi connectivity index (χ4v) is 1.53. The van der Waals surface area contributed by atoms with Crippen molar-refractivity contribution >= 4 is 5.82 Å². The molecule has 0 spiro atoms. The van der Waals surface area contributed by atoms with Crippen molar-refractivity contribution in [1.82, 2.24) is 25.0 Å². The Balaban J connectivity index is 1.73. The van der Waals surface area contributed by atoms with E-state index in [0.717, 1.165) is 31.7 Å². The van der Waals surface area contributed by atoms with E-state index in [2.05, 4.69) is 32.5 Å². The summed E-state index contributed by atoms with van der Waals surface area (Å²) in [7, 11) is 0. The quantitative estimate of drug-likeness (QED) is 0.724. The van der Waals surface area contributed by atoms with Crippen LogP contribution in [0.5, 0.6) is 5.88 Å². The van der Waals surface area contributed by atoms with Crippen molar-refractivity contribution in [2.75, 3.05) is 18.5 Å². The summed E-state index contributed by atoms with van der Waals surface area (Å²) >= 11 is 0. The molecule has 19 heavy (non-hydrogen) atoms. The van der Waals surface area contributed by atoms with E-state index in [0.29, 0.717) is 12.5 Å². The van der Waals surface area contributed by atoms with Crippen LogP contribution in [-0.4, -0.2) is 38.1 Å². The van der Waals surface area contributed by atoms with Gasteiger partial charge in [-0.1, -0.05) is 12.1 Å². The SMILES string of the molecule is CCCOc1cc(NCCCn2ccnn2)ncn1. The smallest absolute Gasteiger partial charge is 0.218 e. The molecule has 0 aliphatic rings. The lowest BCUT2D eigenvalue weighted by molar-refractivity contribution is 0.305. The molecule has 0 aromatic carbocycles. The molecule has 0 atom stereocenters. The first-order valence-corrected chi connectivity index (χ1v) is 6.41. The first-order valence-electron chi connectivity index (χ1n) is 6.41. The van der Waals surface area contributed by atoms with E-state index in [9.17, 15) is 0 Å². The second-order valence-corrected chi connectivity index (χ2v) is 4.04. The van der Waals surface area contributed by atoms with Crippen LogP contribution in [0.4, 0.5) is 5.82 Å². The number of hydrogen-bond acceptors (Lipinski definition) is 6. The molecule has 2 rings (SSSR count). The Kier molecular flexibility index (Phi) is 5.09. The van der Waals surface area contributed by atoms with Crippen molar-refractivity contribution in [2.24, 2.45) is 0 Å². The van der Waals surface area contributed by atoms with Crippen LogP contribution in [0.1, 0.15) is 19.8 Å². The number of anilines is 1. The lowest BCUT2D eigenvalue weighted by Gasteiger charge is -2.07. The highest BCUT2D eigenvalue weighted by Gasteiger charge is 1.99. The standard InChI is InChI=1S/C12H18N6O/c1-2-8-19-12-9-11(14-10-15-12)13-4-3-6-18-7-5-16-17-18/h5,7,9-10H,2-4,6,8H2,1H3,(H,13,14,15). The highest BCUT2D eigenvalue weighted by atomic mass is 16.5. The van der Waals surface area contributed by atoms with Gasteiger partial charge in [0.1, 0.15) is 12.1 Å². The van der Waals surface area contributed by atoms with E-state index in [1.54, 1.807) is 10.9 Å². The second kappa shape index (κ2) is 7.30. The first-order chi connectivity index (χ1) is 9.38. The van der Waals surface area contributed by atoms with E-state index in [1.807, 2.05) is 12.3 Å². The van der Waals surface area contributed by atoms with E-state index in [4.69, 9.17) is 4.74 Å². The molecule has 0 aliphatic heterocycles. The summed E-state index contributed by atoms with van der Waals surface area (Å²) < 4.78 is 7.25. The molecule has 0 saturated carbocycles. The normalized spacial score (nSPS) is 10.4. The Morgan fingerprint density at radius 2 is 2.32 bits per heavy atom. The molecular formula is C12H18N6O. The zero-order chi connectivity index (χ0) is 13.3. The number of nitrogens with zero attached hydrogens (tertiary/aromatic N) is 5. The Morgan fingerprint density at radius 1 is 1.37 bits per heavy atom. The maximum absolute atomic E-state index is 5.45. The lowest BCUT2D eigenvalue weighted by Crippen LogP contribution is -2.08. The molecule has 0 amide bonds. The number of rotatable bonds is 8. The van der Waals surface area contributed by atoms with Gasteiger partial charge < -0.3 is 10.1 Å². The van der Waals surface area contributed by atoms with E-state index in [1.165, 1.54) is 6.33 Å². The molecule has 2 heterocycles. The third kappa shape index (κ3) is 4.53. The lowest BCUT2D eigenvalue weighted by atomic mass is 10.4. The van der Waals surface area contributed by atoms with Crippen LogP contribution >= 0.6 is 0 Å². The van der Waals surface area contributed by atoms with Crippen LogP contribution in [0.15, 0.2) is 24.8 Å². The number of ether oxygens (including phenoxy) is 1. The molecule has 0 aliphatic carbocycles. The highest BCUT2D eigenvalue weighted by molar-refractivity contribution is 5.36. The van der Waals surface area contributed by atoms with E-state index in [-0.39, 0.29) is 0 Å². The third-order valence-corrected chi connectivity index (χ3v) is 2.44. The van der Waals surface area contributed by atoms with Crippen LogP contribution in [0.3, 0.4) is 0 Å². The topological polar surface area (TPSA) is 77.8 Å². The van der Waals surface area contributed by atoms with Crippen molar-refractivity contribution in [3.8, 4) is 5.88 Å². The van der Waals surface area contributed by atoms with Crippen LogP contribution in [0.25, 0.3) is 0 Å². The number of hydrogen-bond donors (Lipinski definition) is 1. The van der Waals surface area contributed by atoms with Crippen molar-refractivity contribution in [3.63, 3.8) is 0 Å². The van der Waals surface area contributed by atoms with Crippen LogP contribution in [0.2, 0.25) is 0 Å². The summed E-state index contributed by atoms with van der Waals surface area (Å²) in [6.45, 7) is 4.37. The molecule has 0 bridgehead atoms. The summed E-state index contributed by atoms with van der Waals surface area (Å²) in [5.41, 5.74) is 0. The molecule has 1 N–H and O–H groups in total. The molecule has 7 heteroatoms. The van der Waals surface area contributed by atoms with Gasteiger partial charge in [-0.05, 0) is 12.8 Å². The Morgan fingerprint density at radius 3 is 3.11 bits per heavy atom. The molecule has 7 nitrogen and oxygen atoms in total. The minimum Gasteiger partial charge on any atom is -0.478 e. The molecule has 0 radical (unpaired) electrons. The van der Waals surface area contributed by atoms with Gasteiger partial charge in [-0.25, -0.2) is 9.97 Å². The van der Waals surface area contributed by atoms with Gasteiger partial charge in [0.05, 0.1) is 12.8 Å². The number of aryl methyl sites for hydroxylation is 1. The van der Waals surface area contributed by atoms with Gasteiger partial charge in [0.25, 0.3) is 0 Å². The van der Waals surface area contributed by atoms with Gasteiger partial charge in [0.15, 0.2) is 0 Å². The Labute approximate surface area is 112 Å². The summed E-state index contributed by atoms with van der Waals surface area (Å²) in [5, 5.41) is 10.9. The van der Waals surface area contributed by atoms with Crippen LogP contribution < -0.4 is 10.1 Å². The second-order valence-electron chi connectivity index (χ2n) is 4.04. The third-order valence-electron chi connectivity index (χ3n) is 2.44. The minimum absolute atomic E-state index is 0.607. The molecular weight excluding hydrogens is 244 g/mol. The largest absolute Gasteiger partial charge is 0.478 e. The highest BCUT2D eigenvalue weighted by Crippen LogP contribution is 2.11. The fourth-order valence-electron chi connectivity index (χ4n) is 1.53. The molecule has 102 valence electrons.